The first kappa shape index (κ1) is 24.2. The van der Waals surface area contributed by atoms with Gasteiger partial charge in [0.2, 0.25) is 0 Å². The highest BCUT2D eigenvalue weighted by atomic mass is 127. The minimum absolute atomic E-state index is 0.0357. The second-order valence-electron chi connectivity index (χ2n) is 5.16. The van der Waals surface area contributed by atoms with Crippen LogP contribution in [0, 0.1) is 7.14 Å². The van der Waals surface area contributed by atoms with Crippen LogP contribution in [0.25, 0.3) is 0 Å². The lowest BCUT2D eigenvalue weighted by Gasteiger charge is -2.20. The van der Waals surface area contributed by atoms with Crippen LogP contribution in [0.3, 0.4) is 0 Å². The molecule has 0 saturated carbocycles. The van der Waals surface area contributed by atoms with Gasteiger partial charge in [0.1, 0.15) is 11.3 Å². The fourth-order valence-electron chi connectivity index (χ4n) is 1.72. The van der Waals surface area contributed by atoms with E-state index in [1.165, 1.54) is 0 Å². The first-order valence-electron chi connectivity index (χ1n) is 7.17. The van der Waals surface area contributed by atoms with Crippen molar-refractivity contribution in [3.05, 3.63) is 24.8 Å². The summed E-state index contributed by atoms with van der Waals surface area (Å²) in [6.45, 7) is 0.353. The summed E-state index contributed by atoms with van der Waals surface area (Å²) in [5.41, 5.74) is -0.0357. The van der Waals surface area contributed by atoms with Crippen LogP contribution in [0.5, 0.6) is 5.75 Å². The van der Waals surface area contributed by atoms with Gasteiger partial charge in [-0.1, -0.05) is 0 Å². The van der Waals surface area contributed by atoms with Gasteiger partial charge in [-0.2, -0.15) is 17.2 Å². The summed E-state index contributed by atoms with van der Waals surface area (Å²) in [6, 6.07) is 3.21. The minimum atomic E-state index is -5.73. The molecule has 1 atom stereocenters. The van der Waals surface area contributed by atoms with Crippen molar-refractivity contribution < 1.29 is 45.9 Å². The molecule has 27 heavy (non-hydrogen) atoms. The molecule has 2 N–H and O–H groups in total. The molecule has 0 spiro atoms. The highest BCUT2D eigenvalue weighted by molar-refractivity contribution is 14.1. The van der Waals surface area contributed by atoms with Crippen LogP contribution in [0.2, 0.25) is 0 Å². The van der Waals surface area contributed by atoms with Gasteiger partial charge in [-0.3, -0.25) is 9.35 Å². The van der Waals surface area contributed by atoms with Gasteiger partial charge in [0.25, 0.3) is 0 Å². The summed E-state index contributed by atoms with van der Waals surface area (Å²) in [7, 11) is -5.73. The number of phenols is 1. The molecule has 0 aromatic heterocycles. The Morgan fingerprint density at radius 3 is 2.37 bits per heavy atom. The van der Waals surface area contributed by atoms with Crippen molar-refractivity contribution >= 4 is 67.2 Å². The van der Waals surface area contributed by atoms with Crippen LogP contribution in [0.15, 0.2) is 12.1 Å². The molecule has 0 fully saturated rings. The van der Waals surface area contributed by atoms with E-state index in [0.717, 1.165) is 0 Å². The fraction of sp³-hybridized carbons (Fsp3) is 0.429. The molecule has 0 aliphatic rings. The van der Waals surface area contributed by atoms with Crippen molar-refractivity contribution in [1.29, 1.82) is 0 Å². The largest absolute Gasteiger partial charge is 0.506 e. The van der Waals surface area contributed by atoms with Crippen LogP contribution in [0.4, 0.5) is 8.78 Å². The number of alkyl halides is 2. The number of aromatic hydroxyl groups is 1. The second-order valence-corrected chi connectivity index (χ2v) is 8.98. The molecule has 8 nitrogen and oxygen atoms in total. The molecule has 0 amide bonds. The highest BCUT2D eigenvalue weighted by Gasteiger charge is 2.51. The van der Waals surface area contributed by atoms with Crippen LogP contribution in [0.1, 0.15) is 30.1 Å². The lowest BCUT2D eigenvalue weighted by Crippen LogP contribution is -2.42. The predicted molar refractivity (Wildman–Crippen MR) is 105 cm³/mol. The normalized spacial score (nSPS) is 13.1. The maximum Gasteiger partial charge on any atom is 0.405 e. The van der Waals surface area contributed by atoms with Crippen molar-refractivity contribution in [2.45, 2.75) is 31.1 Å². The number of hydrogen-bond donors (Lipinski definition) is 2. The van der Waals surface area contributed by atoms with Gasteiger partial charge in [0.05, 0.1) is 10.2 Å². The number of phenolic OH excluding ortho intramolecular Hbond substituents is 1. The Hall–Kier alpha value is -0.810. The third-order valence-corrected chi connectivity index (χ3v) is 5.95. The van der Waals surface area contributed by atoms with Crippen LogP contribution >= 0.6 is 45.2 Å². The SMILES string of the molecule is CC(OC(=O)CCCOC(=O)c1c(I)ccc(I)c1O)C(F)(F)S(=O)(=O)O. The molecule has 0 saturated heterocycles. The van der Waals surface area contributed by atoms with Crippen LogP contribution in [-0.4, -0.2) is 48.0 Å². The molecule has 13 heteroatoms. The standard InChI is InChI=1S/C14H14F2I2O8S/c1-7(14(15,16)27(22,23)24)26-10(19)3-2-6-25-13(21)11-8(17)4-5-9(18)12(11)20/h4-5,7,20H,2-3,6H2,1H3,(H,22,23,24). The summed E-state index contributed by atoms with van der Waals surface area (Å²) >= 11 is 3.67. The summed E-state index contributed by atoms with van der Waals surface area (Å²) < 4.78 is 66.2. The minimum Gasteiger partial charge on any atom is -0.506 e. The molecule has 1 unspecified atom stereocenters. The Morgan fingerprint density at radius 1 is 1.26 bits per heavy atom. The number of halogens is 4. The monoisotopic (exact) mass is 634 g/mol. The van der Waals surface area contributed by atoms with Gasteiger partial charge >= 0.3 is 27.3 Å². The quantitative estimate of drug-likeness (QED) is 0.194. The Morgan fingerprint density at radius 2 is 1.81 bits per heavy atom. The second kappa shape index (κ2) is 9.60. The number of carbonyl (C=O) groups is 2. The molecular formula is C14H14F2I2O8S. The van der Waals surface area contributed by atoms with Crippen molar-refractivity contribution in [2.24, 2.45) is 0 Å². The average molecular weight is 634 g/mol. The molecule has 0 aliphatic heterocycles. The summed E-state index contributed by atoms with van der Waals surface area (Å²) in [6.07, 6.45) is -2.92. The van der Waals surface area contributed by atoms with Crippen molar-refractivity contribution in [3.63, 3.8) is 0 Å². The van der Waals surface area contributed by atoms with Crippen LogP contribution in [-0.2, 0) is 24.4 Å². The van der Waals surface area contributed by atoms with Gasteiger partial charge in [-0.05, 0) is 70.7 Å². The number of carbonyl (C=O) groups excluding carboxylic acids is 2. The van der Waals surface area contributed by atoms with E-state index in [1.54, 1.807) is 12.1 Å². The number of benzene rings is 1. The van der Waals surface area contributed by atoms with Crippen molar-refractivity contribution in [1.82, 2.24) is 0 Å². The van der Waals surface area contributed by atoms with E-state index in [0.29, 0.717) is 14.1 Å². The lowest BCUT2D eigenvalue weighted by atomic mass is 10.2. The third kappa shape index (κ3) is 6.35. The van der Waals surface area contributed by atoms with Gasteiger partial charge in [0, 0.05) is 9.99 Å². The van der Waals surface area contributed by atoms with Gasteiger partial charge in [0.15, 0.2) is 6.10 Å². The van der Waals surface area contributed by atoms with E-state index < -0.39 is 39.8 Å². The zero-order valence-electron chi connectivity index (χ0n) is 13.6. The van der Waals surface area contributed by atoms with Gasteiger partial charge < -0.3 is 14.6 Å². The fourth-order valence-corrected chi connectivity index (χ4v) is 3.30. The zero-order valence-corrected chi connectivity index (χ0v) is 18.7. The van der Waals surface area contributed by atoms with Crippen molar-refractivity contribution in [2.75, 3.05) is 6.61 Å². The Kier molecular flexibility index (Phi) is 8.61. The molecular weight excluding hydrogens is 620 g/mol. The van der Waals surface area contributed by atoms with Crippen molar-refractivity contribution in [3.8, 4) is 5.75 Å². The summed E-state index contributed by atoms with van der Waals surface area (Å²) in [5.74, 6) is -2.23. The zero-order chi connectivity index (χ0) is 21.0. The first-order valence-corrected chi connectivity index (χ1v) is 10.8. The van der Waals surface area contributed by atoms with E-state index in [1.807, 2.05) is 45.2 Å². The van der Waals surface area contributed by atoms with E-state index in [4.69, 9.17) is 9.29 Å². The number of esters is 2. The summed E-state index contributed by atoms with van der Waals surface area (Å²) in [4.78, 5) is 23.5. The van der Waals surface area contributed by atoms with Gasteiger partial charge in [-0.25, -0.2) is 4.79 Å². The molecule has 0 bridgehead atoms. The third-order valence-electron chi connectivity index (χ3n) is 3.17. The first-order chi connectivity index (χ1) is 12.3. The maximum atomic E-state index is 13.3. The molecule has 152 valence electrons. The molecule has 1 aromatic rings. The maximum absolute atomic E-state index is 13.3. The lowest BCUT2D eigenvalue weighted by molar-refractivity contribution is -0.159. The van der Waals surface area contributed by atoms with E-state index in [-0.39, 0.29) is 24.3 Å². The topological polar surface area (TPSA) is 127 Å². The predicted octanol–water partition coefficient (Wildman–Crippen LogP) is 2.95. The summed E-state index contributed by atoms with van der Waals surface area (Å²) in [5, 5.41) is 5.26. The molecule has 0 aliphatic carbocycles. The molecule has 1 rings (SSSR count). The molecule has 0 radical (unpaired) electrons. The van der Waals surface area contributed by atoms with Gasteiger partial charge in [-0.15, -0.1) is 0 Å². The number of rotatable bonds is 8. The van der Waals surface area contributed by atoms with E-state index in [9.17, 15) is 31.9 Å². The number of ether oxygens (including phenoxy) is 2. The Labute approximate surface area is 180 Å². The Balaban J connectivity index is 2.52. The number of hydrogen-bond acceptors (Lipinski definition) is 7. The molecule has 0 heterocycles. The Bertz CT molecular complexity index is 829. The van der Waals surface area contributed by atoms with Crippen LogP contribution < -0.4 is 0 Å². The van der Waals surface area contributed by atoms with E-state index in [2.05, 4.69) is 4.74 Å². The molecule has 1 aromatic carbocycles. The van der Waals surface area contributed by atoms with E-state index >= 15 is 0 Å². The highest BCUT2D eigenvalue weighted by Crippen LogP contribution is 2.29. The smallest absolute Gasteiger partial charge is 0.405 e. The average Bonchev–Trinajstić information content (AvgIpc) is 2.54.